The molecule has 88 valence electrons. The molecule has 16 heavy (non-hydrogen) atoms. The number of Topliss-reactive ketones (excluding diaryl/α,β-unsaturated/α-hetero) is 1. The second-order valence-electron chi connectivity index (χ2n) is 3.11. The fourth-order valence-electron chi connectivity index (χ4n) is 0.993. The molecular weight excluding hydrogens is 228 g/mol. The lowest BCUT2D eigenvalue weighted by Gasteiger charge is -2.10. The third-order valence-electron chi connectivity index (χ3n) is 1.73. The van der Waals surface area contributed by atoms with Crippen LogP contribution in [0.3, 0.4) is 0 Å². The van der Waals surface area contributed by atoms with E-state index in [1.165, 1.54) is 13.0 Å². The third-order valence-corrected chi connectivity index (χ3v) is 1.73. The number of benzene rings is 1. The van der Waals surface area contributed by atoms with Crippen molar-refractivity contribution in [2.45, 2.75) is 13.1 Å². The van der Waals surface area contributed by atoms with Crippen LogP contribution in [0.25, 0.3) is 0 Å². The van der Waals surface area contributed by atoms with E-state index < -0.39 is 24.3 Å². The second kappa shape index (κ2) is 4.51. The van der Waals surface area contributed by atoms with Gasteiger partial charge in [0.2, 0.25) is 0 Å². The maximum absolute atomic E-state index is 13.0. The molecule has 0 amide bonds. The van der Waals surface area contributed by atoms with E-state index in [4.69, 9.17) is 0 Å². The van der Waals surface area contributed by atoms with Gasteiger partial charge < -0.3 is 4.74 Å². The average Bonchev–Trinajstić information content (AvgIpc) is 2.14. The van der Waals surface area contributed by atoms with Crippen molar-refractivity contribution < 1.29 is 27.1 Å². The molecule has 1 aromatic carbocycles. The number of rotatable bonds is 3. The summed E-state index contributed by atoms with van der Waals surface area (Å²) >= 11 is 0. The van der Waals surface area contributed by atoms with E-state index in [-0.39, 0.29) is 11.3 Å². The van der Waals surface area contributed by atoms with Crippen LogP contribution in [0.1, 0.15) is 17.3 Å². The minimum atomic E-state index is -4.54. The van der Waals surface area contributed by atoms with Crippen molar-refractivity contribution in [2.24, 2.45) is 0 Å². The molecule has 0 aliphatic carbocycles. The first-order chi connectivity index (χ1) is 7.29. The van der Waals surface area contributed by atoms with Crippen LogP contribution in [0.2, 0.25) is 0 Å². The molecule has 0 bridgehead atoms. The summed E-state index contributed by atoms with van der Waals surface area (Å²) in [5.74, 6) is -1.89. The number of ether oxygens (including phenoxy) is 1. The summed E-state index contributed by atoms with van der Waals surface area (Å²) in [6.07, 6.45) is -4.54. The van der Waals surface area contributed by atoms with Gasteiger partial charge in [-0.25, -0.2) is 4.39 Å². The number of halogens is 4. The van der Waals surface area contributed by atoms with Crippen LogP contribution in [-0.2, 0) is 0 Å². The first kappa shape index (κ1) is 12.5. The number of alkyl halides is 3. The first-order valence-electron chi connectivity index (χ1n) is 4.29. The number of hydrogen-bond donors (Lipinski definition) is 0. The summed E-state index contributed by atoms with van der Waals surface area (Å²) in [5, 5.41) is 0. The minimum Gasteiger partial charge on any atom is -0.481 e. The zero-order valence-corrected chi connectivity index (χ0v) is 8.27. The molecule has 0 aliphatic rings. The van der Waals surface area contributed by atoms with Crippen LogP contribution in [0.4, 0.5) is 17.6 Å². The molecule has 0 unspecified atom stereocenters. The Kier molecular flexibility index (Phi) is 3.51. The van der Waals surface area contributed by atoms with Crippen molar-refractivity contribution in [2.75, 3.05) is 6.61 Å². The Balaban J connectivity index is 2.86. The Labute approximate surface area is 88.8 Å². The van der Waals surface area contributed by atoms with E-state index in [1.807, 2.05) is 0 Å². The normalized spacial score (nSPS) is 11.3. The van der Waals surface area contributed by atoms with E-state index in [9.17, 15) is 22.4 Å². The van der Waals surface area contributed by atoms with Gasteiger partial charge >= 0.3 is 6.18 Å². The number of carbonyl (C=O) groups excluding carboxylic acids is 1. The fraction of sp³-hybridized carbons (Fsp3) is 0.300. The molecule has 0 heterocycles. The third kappa shape index (κ3) is 3.52. The summed E-state index contributed by atoms with van der Waals surface area (Å²) in [6, 6.07) is 3.02. The van der Waals surface area contributed by atoms with Crippen LogP contribution in [-0.4, -0.2) is 18.6 Å². The standard InChI is InChI=1S/C10H8F4O2/c1-6(15)7-2-3-8(11)9(4-7)16-5-10(12,13)14/h2-4H,5H2,1H3. The van der Waals surface area contributed by atoms with Gasteiger partial charge in [-0.2, -0.15) is 13.2 Å². The van der Waals surface area contributed by atoms with Crippen molar-refractivity contribution in [3.8, 4) is 5.75 Å². The van der Waals surface area contributed by atoms with Gasteiger partial charge in [-0.1, -0.05) is 0 Å². The Bertz CT molecular complexity index is 398. The molecule has 6 heteroatoms. The molecule has 0 saturated heterocycles. The van der Waals surface area contributed by atoms with Gasteiger partial charge in [0.05, 0.1) is 0 Å². The highest BCUT2D eigenvalue weighted by molar-refractivity contribution is 5.94. The SMILES string of the molecule is CC(=O)c1ccc(F)c(OCC(F)(F)F)c1. The van der Waals surface area contributed by atoms with E-state index >= 15 is 0 Å². The molecule has 1 aromatic rings. The summed E-state index contributed by atoms with van der Waals surface area (Å²) in [6.45, 7) is -0.369. The molecule has 0 N–H and O–H groups in total. The summed E-state index contributed by atoms with van der Waals surface area (Å²) in [5.41, 5.74) is 0.0959. The first-order valence-corrected chi connectivity index (χ1v) is 4.29. The van der Waals surface area contributed by atoms with Gasteiger partial charge in [-0.15, -0.1) is 0 Å². The summed E-state index contributed by atoms with van der Waals surface area (Å²) in [4.78, 5) is 10.9. The molecule has 0 aromatic heterocycles. The van der Waals surface area contributed by atoms with E-state index in [0.29, 0.717) is 0 Å². The summed E-state index contributed by atoms with van der Waals surface area (Å²) in [7, 11) is 0. The van der Waals surface area contributed by atoms with Crippen molar-refractivity contribution in [1.29, 1.82) is 0 Å². The Morgan fingerprint density at radius 2 is 2.00 bits per heavy atom. The Morgan fingerprint density at radius 3 is 2.50 bits per heavy atom. The molecular formula is C10H8F4O2. The molecule has 0 radical (unpaired) electrons. The number of hydrogen-bond acceptors (Lipinski definition) is 2. The lowest BCUT2D eigenvalue weighted by Crippen LogP contribution is -2.19. The van der Waals surface area contributed by atoms with Gasteiger partial charge in [0, 0.05) is 5.56 Å². The molecule has 0 atom stereocenters. The molecule has 0 aliphatic heterocycles. The molecule has 0 fully saturated rings. The Morgan fingerprint density at radius 1 is 1.38 bits per heavy atom. The van der Waals surface area contributed by atoms with Gasteiger partial charge in [-0.05, 0) is 25.1 Å². The van der Waals surface area contributed by atoms with E-state index in [2.05, 4.69) is 4.74 Å². The zero-order valence-electron chi connectivity index (χ0n) is 8.27. The largest absolute Gasteiger partial charge is 0.481 e. The zero-order chi connectivity index (χ0) is 12.3. The van der Waals surface area contributed by atoms with Crippen molar-refractivity contribution in [1.82, 2.24) is 0 Å². The van der Waals surface area contributed by atoms with E-state index in [1.54, 1.807) is 0 Å². The second-order valence-corrected chi connectivity index (χ2v) is 3.11. The molecule has 2 nitrogen and oxygen atoms in total. The van der Waals surface area contributed by atoms with Gasteiger partial charge in [0.15, 0.2) is 24.0 Å². The van der Waals surface area contributed by atoms with Crippen LogP contribution >= 0.6 is 0 Å². The summed E-state index contributed by atoms with van der Waals surface area (Å²) < 4.78 is 52.7. The maximum Gasteiger partial charge on any atom is 0.422 e. The molecule has 0 saturated carbocycles. The highest BCUT2D eigenvalue weighted by Crippen LogP contribution is 2.22. The van der Waals surface area contributed by atoms with Gasteiger partial charge in [0.1, 0.15) is 0 Å². The van der Waals surface area contributed by atoms with Gasteiger partial charge in [-0.3, -0.25) is 4.79 Å². The van der Waals surface area contributed by atoms with Crippen LogP contribution < -0.4 is 4.74 Å². The Hall–Kier alpha value is -1.59. The van der Waals surface area contributed by atoms with Crippen LogP contribution in [0, 0.1) is 5.82 Å². The highest BCUT2D eigenvalue weighted by atomic mass is 19.4. The maximum atomic E-state index is 13.0. The number of ketones is 1. The number of carbonyl (C=O) groups is 1. The lowest BCUT2D eigenvalue weighted by molar-refractivity contribution is -0.153. The monoisotopic (exact) mass is 236 g/mol. The van der Waals surface area contributed by atoms with Crippen molar-refractivity contribution in [3.05, 3.63) is 29.6 Å². The fourth-order valence-corrected chi connectivity index (χ4v) is 0.993. The average molecular weight is 236 g/mol. The predicted molar refractivity (Wildman–Crippen MR) is 48.0 cm³/mol. The predicted octanol–water partition coefficient (Wildman–Crippen LogP) is 2.97. The van der Waals surface area contributed by atoms with Gasteiger partial charge in [0.25, 0.3) is 0 Å². The highest BCUT2D eigenvalue weighted by Gasteiger charge is 2.29. The van der Waals surface area contributed by atoms with Crippen molar-refractivity contribution >= 4 is 5.78 Å². The smallest absolute Gasteiger partial charge is 0.422 e. The van der Waals surface area contributed by atoms with Crippen molar-refractivity contribution in [3.63, 3.8) is 0 Å². The lowest BCUT2D eigenvalue weighted by atomic mass is 10.1. The van der Waals surface area contributed by atoms with Crippen LogP contribution in [0.5, 0.6) is 5.75 Å². The quantitative estimate of drug-likeness (QED) is 0.595. The topological polar surface area (TPSA) is 26.3 Å². The minimum absolute atomic E-state index is 0.0959. The van der Waals surface area contributed by atoms with Crippen LogP contribution in [0.15, 0.2) is 18.2 Å². The molecule has 1 rings (SSSR count). The van der Waals surface area contributed by atoms with E-state index in [0.717, 1.165) is 12.1 Å². The molecule has 0 spiro atoms.